The summed E-state index contributed by atoms with van der Waals surface area (Å²) in [6, 6.07) is 9.20. The van der Waals surface area contributed by atoms with Gasteiger partial charge < -0.3 is 10.2 Å². The molecule has 0 amide bonds. The number of hydrogen-bond acceptors (Lipinski definition) is 2. The SMILES string of the molecule is O=C(O)C(O)/C=C/c1ccccc1. The molecule has 0 saturated heterocycles. The van der Waals surface area contributed by atoms with E-state index in [0.717, 1.165) is 5.56 Å². The van der Waals surface area contributed by atoms with Gasteiger partial charge >= 0.3 is 5.97 Å². The van der Waals surface area contributed by atoms with Gasteiger partial charge in [0, 0.05) is 0 Å². The summed E-state index contributed by atoms with van der Waals surface area (Å²) >= 11 is 0. The second-order valence-corrected chi connectivity index (χ2v) is 2.55. The molecule has 0 fully saturated rings. The average Bonchev–Trinajstić information content (AvgIpc) is 2.15. The van der Waals surface area contributed by atoms with Crippen LogP contribution in [0.15, 0.2) is 36.4 Å². The van der Waals surface area contributed by atoms with Gasteiger partial charge in [0.05, 0.1) is 0 Å². The summed E-state index contributed by atoms with van der Waals surface area (Å²) in [6.07, 6.45) is 1.37. The number of benzene rings is 1. The summed E-state index contributed by atoms with van der Waals surface area (Å²) in [5.41, 5.74) is 0.864. The molecular formula is C10H10O3. The highest BCUT2D eigenvalue weighted by atomic mass is 16.4. The summed E-state index contributed by atoms with van der Waals surface area (Å²) in [7, 11) is 0. The number of carbonyl (C=O) groups is 1. The van der Waals surface area contributed by atoms with Crippen molar-refractivity contribution in [1.29, 1.82) is 0 Å². The van der Waals surface area contributed by atoms with Crippen LogP contribution in [0.3, 0.4) is 0 Å². The van der Waals surface area contributed by atoms with E-state index >= 15 is 0 Å². The fourth-order valence-electron chi connectivity index (χ4n) is 0.849. The van der Waals surface area contributed by atoms with Gasteiger partial charge in [-0.25, -0.2) is 4.79 Å². The number of carboxylic acids is 1. The second-order valence-electron chi connectivity index (χ2n) is 2.55. The predicted molar refractivity (Wildman–Crippen MR) is 49.1 cm³/mol. The second kappa shape index (κ2) is 4.42. The Balaban J connectivity index is 2.64. The van der Waals surface area contributed by atoms with Crippen molar-refractivity contribution < 1.29 is 15.0 Å². The van der Waals surface area contributed by atoms with E-state index in [-0.39, 0.29) is 0 Å². The minimum atomic E-state index is -1.43. The Bertz CT molecular complexity index is 303. The van der Waals surface area contributed by atoms with Gasteiger partial charge in [0.2, 0.25) is 0 Å². The molecule has 0 spiro atoms. The Morgan fingerprint density at radius 1 is 1.31 bits per heavy atom. The van der Waals surface area contributed by atoms with Crippen molar-refractivity contribution in [1.82, 2.24) is 0 Å². The number of aliphatic hydroxyl groups is 1. The first-order chi connectivity index (χ1) is 6.20. The molecule has 13 heavy (non-hydrogen) atoms. The van der Waals surface area contributed by atoms with E-state index in [9.17, 15) is 4.79 Å². The molecule has 0 aliphatic rings. The number of rotatable bonds is 3. The van der Waals surface area contributed by atoms with Gasteiger partial charge in [-0.05, 0) is 11.6 Å². The molecule has 0 aromatic heterocycles. The minimum Gasteiger partial charge on any atom is -0.479 e. The summed E-state index contributed by atoms with van der Waals surface area (Å²) in [5, 5.41) is 17.3. The molecule has 3 heteroatoms. The molecule has 1 unspecified atom stereocenters. The number of carboxylic acid groups (broad SMARTS) is 1. The molecule has 68 valence electrons. The largest absolute Gasteiger partial charge is 0.479 e. The highest BCUT2D eigenvalue weighted by molar-refractivity contribution is 5.75. The van der Waals surface area contributed by atoms with Crippen LogP contribution in [-0.4, -0.2) is 22.3 Å². The molecule has 0 aliphatic carbocycles. The number of hydrogen-bond donors (Lipinski definition) is 2. The topological polar surface area (TPSA) is 57.5 Å². The van der Waals surface area contributed by atoms with E-state index in [4.69, 9.17) is 10.2 Å². The van der Waals surface area contributed by atoms with Gasteiger partial charge in [-0.15, -0.1) is 0 Å². The zero-order chi connectivity index (χ0) is 9.68. The fraction of sp³-hybridized carbons (Fsp3) is 0.100. The fourth-order valence-corrected chi connectivity index (χ4v) is 0.849. The van der Waals surface area contributed by atoms with Crippen LogP contribution in [0.4, 0.5) is 0 Å². The Morgan fingerprint density at radius 3 is 2.46 bits per heavy atom. The van der Waals surface area contributed by atoms with Crippen LogP contribution in [0.1, 0.15) is 5.56 Å². The van der Waals surface area contributed by atoms with Crippen LogP contribution in [0.25, 0.3) is 6.08 Å². The van der Waals surface area contributed by atoms with Crippen molar-refractivity contribution in [3.05, 3.63) is 42.0 Å². The van der Waals surface area contributed by atoms with Crippen LogP contribution in [0, 0.1) is 0 Å². The Kier molecular flexibility index (Phi) is 3.23. The molecular weight excluding hydrogens is 168 g/mol. The van der Waals surface area contributed by atoms with Crippen molar-refractivity contribution in [3.63, 3.8) is 0 Å². The summed E-state index contributed by atoms with van der Waals surface area (Å²) in [4.78, 5) is 10.2. The standard InChI is InChI=1S/C10H10O3/c11-9(10(12)13)7-6-8-4-2-1-3-5-8/h1-7,9,11H,(H,12,13)/b7-6+. The Morgan fingerprint density at radius 2 is 1.92 bits per heavy atom. The van der Waals surface area contributed by atoms with E-state index in [1.54, 1.807) is 6.08 Å². The summed E-state index contributed by atoms with van der Waals surface area (Å²) in [5.74, 6) is -1.24. The zero-order valence-corrected chi connectivity index (χ0v) is 6.92. The lowest BCUT2D eigenvalue weighted by atomic mass is 10.2. The molecule has 0 heterocycles. The van der Waals surface area contributed by atoms with Crippen LogP contribution in [-0.2, 0) is 4.79 Å². The van der Waals surface area contributed by atoms with Gasteiger partial charge in [0.15, 0.2) is 6.10 Å². The molecule has 0 radical (unpaired) electrons. The number of aliphatic hydroxyl groups excluding tert-OH is 1. The molecule has 2 N–H and O–H groups in total. The maximum atomic E-state index is 10.2. The highest BCUT2D eigenvalue weighted by Crippen LogP contribution is 2.01. The van der Waals surface area contributed by atoms with Gasteiger partial charge in [-0.3, -0.25) is 0 Å². The van der Waals surface area contributed by atoms with Crippen molar-refractivity contribution in [2.45, 2.75) is 6.10 Å². The molecule has 0 aliphatic heterocycles. The van der Waals surface area contributed by atoms with Gasteiger partial charge in [0.25, 0.3) is 0 Å². The lowest BCUT2D eigenvalue weighted by Crippen LogP contribution is -2.15. The zero-order valence-electron chi connectivity index (χ0n) is 6.92. The maximum Gasteiger partial charge on any atom is 0.336 e. The molecule has 3 nitrogen and oxygen atoms in total. The summed E-state index contributed by atoms with van der Waals surface area (Å²) in [6.45, 7) is 0. The minimum absolute atomic E-state index is 0.864. The molecule has 1 rings (SSSR count). The third-order valence-corrected chi connectivity index (χ3v) is 1.52. The third kappa shape index (κ3) is 3.09. The van der Waals surface area contributed by atoms with Crippen LogP contribution in [0.5, 0.6) is 0 Å². The van der Waals surface area contributed by atoms with Crippen molar-refractivity contribution >= 4 is 12.0 Å². The normalized spacial score (nSPS) is 13.0. The average molecular weight is 178 g/mol. The van der Waals surface area contributed by atoms with Crippen molar-refractivity contribution in [2.24, 2.45) is 0 Å². The third-order valence-electron chi connectivity index (χ3n) is 1.52. The Labute approximate surface area is 76.0 Å². The van der Waals surface area contributed by atoms with Gasteiger partial charge in [0.1, 0.15) is 0 Å². The molecule has 1 aromatic carbocycles. The molecule has 0 saturated carbocycles. The van der Waals surface area contributed by atoms with E-state index in [1.165, 1.54) is 6.08 Å². The molecule has 0 bridgehead atoms. The maximum absolute atomic E-state index is 10.2. The highest BCUT2D eigenvalue weighted by Gasteiger charge is 2.06. The van der Waals surface area contributed by atoms with Gasteiger partial charge in [-0.2, -0.15) is 0 Å². The van der Waals surface area contributed by atoms with E-state index < -0.39 is 12.1 Å². The first-order valence-electron chi connectivity index (χ1n) is 3.84. The van der Waals surface area contributed by atoms with Gasteiger partial charge in [-0.1, -0.05) is 36.4 Å². The molecule has 1 atom stereocenters. The van der Waals surface area contributed by atoms with Crippen molar-refractivity contribution in [3.8, 4) is 0 Å². The molecule has 1 aromatic rings. The van der Waals surface area contributed by atoms with E-state index in [0.29, 0.717) is 0 Å². The monoisotopic (exact) mass is 178 g/mol. The lowest BCUT2D eigenvalue weighted by molar-refractivity contribution is -0.143. The lowest BCUT2D eigenvalue weighted by Gasteiger charge is -1.96. The van der Waals surface area contributed by atoms with Crippen LogP contribution in [0.2, 0.25) is 0 Å². The van der Waals surface area contributed by atoms with E-state index in [1.807, 2.05) is 30.3 Å². The van der Waals surface area contributed by atoms with Crippen molar-refractivity contribution in [2.75, 3.05) is 0 Å². The smallest absolute Gasteiger partial charge is 0.336 e. The van der Waals surface area contributed by atoms with Crippen LogP contribution >= 0.6 is 0 Å². The first-order valence-corrected chi connectivity index (χ1v) is 3.84. The predicted octanol–water partition coefficient (Wildman–Crippen LogP) is 1.15. The van der Waals surface area contributed by atoms with E-state index in [2.05, 4.69) is 0 Å². The Hall–Kier alpha value is -1.61. The summed E-state index contributed by atoms with van der Waals surface area (Å²) < 4.78 is 0. The van der Waals surface area contributed by atoms with Crippen LogP contribution < -0.4 is 0 Å². The number of aliphatic carboxylic acids is 1. The quantitative estimate of drug-likeness (QED) is 0.729. The first kappa shape index (κ1) is 9.48.